The van der Waals surface area contributed by atoms with Crippen molar-refractivity contribution in [2.45, 2.75) is 20.4 Å². The zero-order chi connectivity index (χ0) is 13.5. The Morgan fingerprint density at radius 1 is 1.33 bits per heavy atom. The van der Waals surface area contributed by atoms with E-state index in [1.807, 2.05) is 42.8 Å². The molecule has 1 aromatic heterocycles. The SMILES string of the molecule is CCN(CC)C(=O)CN(C)Cc1cccc(Cl)n1. The van der Waals surface area contributed by atoms with Crippen LogP contribution < -0.4 is 0 Å². The Kier molecular flexibility index (Phi) is 6.09. The molecule has 4 nitrogen and oxygen atoms in total. The lowest BCUT2D eigenvalue weighted by atomic mass is 10.3. The first kappa shape index (κ1) is 14.9. The molecule has 0 N–H and O–H groups in total. The van der Waals surface area contributed by atoms with Crippen molar-refractivity contribution in [3.8, 4) is 0 Å². The van der Waals surface area contributed by atoms with E-state index in [0.717, 1.165) is 18.8 Å². The van der Waals surface area contributed by atoms with Gasteiger partial charge in [0, 0.05) is 19.6 Å². The molecule has 1 rings (SSSR count). The fraction of sp³-hybridized carbons (Fsp3) is 0.538. The molecule has 5 heteroatoms. The van der Waals surface area contributed by atoms with Crippen LogP contribution in [0.2, 0.25) is 5.15 Å². The number of halogens is 1. The molecule has 0 aliphatic rings. The maximum absolute atomic E-state index is 11.9. The van der Waals surface area contributed by atoms with Gasteiger partial charge in [0.25, 0.3) is 0 Å². The smallest absolute Gasteiger partial charge is 0.236 e. The van der Waals surface area contributed by atoms with Crippen molar-refractivity contribution in [2.24, 2.45) is 0 Å². The first-order chi connectivity index (χ1) is 8.56. The van der Waals surface area contributed by atoms with Gasteiger partial charge in [-0.1, -0.05) is 17.7 Å². The number of carbonyl (C=O) groups is 1. The maximum atomic E-state index is 11.9. The predicted molar refractivity (Wildman–Crippen MR) is 73.5 cm³/mol. The number of nitrogens with zero attached hydrogens (tertiary/aromatic N) is 3. The van der Waals surface area contributed by atoms with Crippen LogP contribution in [0.1, 0.15) is 19.5 Å². The molecular formula is C13H20ClN3O. The Morgan fingerprint density at radius 2 is 2.00 bits per heavy atom. The summed E-state index contributed by atoms with van der Waals surface area (Å²) in [6.45, 7) is 6.49. The van der Waals surface area contributed by atoms with E-state index in [9.17, 15) is 4.79 Å². The standard InChI is InChI=1S/C13H20ClN3O/c1-4-17(5-2)13(18)10-16(3)9-11-7-6-8-12(14)15-11/h6-8H,4-5,9-10H2,1-3H3. The summed E-state index contributed by atoms with van der Waals surface area (Å²) < 4.78 is 0. The van der Waals surface area contributed by atoms with Crippen molar-refractivity contribution in [1.82, 2.24) is 14.8 Å². The summed E-state index contributed by atoms with van der Waals surface area (Å²) in [5.41, 5.74) is 0.873. The van der Waals surface area contributed by atoms with Gasteiger partial charge < -0.3 is 4.90 Å². The van der Waals surface area contributed by atoms with Crippen LogP contribution in [0.4, 0.5) is 0 Å². The summed E-state index contributed by atoms with van der Waals surface area (Å²) >= 11 is 5.82. The molecule has 0 atom stereocenters. The normalized spacial score (nSPS) is 10.7. The van der Waals surface area contributed by atoms with Gasteiger partial charge in [-0.15, -0.1) is 0 Å². The second-order valence-corrected chi connectivity index (χ2v) is 4.58. The van der Waals surface area contributed by atoms with E-state index in [2.05, 4.69) is 4.98 Å². The van der Waals surface area contributed by atoms with Gasteiger partial charge in [-0.25, -0.2) is 4.98 Å². The van der Waals surface area contributed by atoms with Crippen LogP contribution in [0.5, 0.6) is 0 Å². The van der Waals surface area contributed by atoms with Crippen LogP contribution >= 0.6 is 11.6 Å². The van der Waals surface area contributed by atoms with Gasteiger partial charge in [0.1, 0.15) is 5.15 Å². The fourth-order valence-corrected chi connectivity index (χ4v) is 1.96. The number of pyridine rings is 1. The third-order valence-corrected chi connectivity index (χ3v) is 2.94. The number of hydrogen-bond donors (Lipinski definition) is 0. The Bertz CT molecular complexity index is 394. The highest BCUT2D eigenvalue weighted by Crippen LogP contribution is 2.07. The second-order valence-electron chi connectivity index (χ2n) is 4.19. The van der Waals surface area contributed by atoms with Crippen LogP contribution in [-0.4, -0.2) is 47.4 Å². The topological polar surface area (TPSA) is 36.4 Å². The Hall–Kier alpha value is -1.13. The van der Waals surface area contributed by atoms with E-state index < -0.39 is 0 Å². The molecule has 0 fully saturated rings. The van der Waals surface area contributed by atoms with E-state index in [0.29, 0.717) is 18.2 Å². The molecule has 0 aromatic carbocycles. The van der Waals surface area contributed by atoms with Crippen molar-refractivity contribution in [1.29, 1.82) is 0 Å². The summed E-state index contributed by atoms with van der Waals surface area (Å²) in [6.07, 6.45) is 0. The third-order valence-electron chi connectivity index (χ3n) is 2.73. The van der Waals surface area contributed by atoms with Crippen molar-refractivity contribution in [2.75, 3.05) is 26.7 Å². The van der Waals surface area contributed by atoms with E-state index >= 15 is 0 Å². The van der Waals surface area contributed by atoms with Gasteiger partial charge in [0.2, 0.25) is 5.91 Å². The molecule has 0 saturated heterocycles. The monoisotopic (exact) mass is 269 g/mol. The highest BCUT2D eigenvalue weighted by atomic mass is 35.5. The van der Waals surface area contributed by atoms with Gasteiger partial charge in [0.05, 0.1) is 12.2 Å². The van der Waals surface area contributed by atoms with Crippen molar-refractivity contribution in [3.63, 3.8) is 0 Å². The summed E-state index contributed by atoms with van der Waals surface area (Å²) in [5, 5.41) is 0.482. The van der Waals surface area contributed by atoms with Gasteiger partial charge in [-0.05, 0) is 33.0 Å². The van der Waals surface area contributed by atoms with Crippen LogP contribution in [0, 0.1) is 0 Å². The number of amides is 1. The highest BCUT2D eigenvalue weighted by molar-refractivity contribution is 6.29. The van der Waals surface area contributed by atoms with E-state index in [4.69, 9.17) is 11.6 Å². The zero-order valence-corrected chi connectivity index (χ0v) is 11.9. The van der Waals surface area contributed by atoms with Crippen LogP contribution in [0.3, 0.4) is 0 Å². The highest BCUT2D eigenvalue weighted by Gasteiger charge is 2.12. The molecule has 0 saturated carbocycles. The Labute approximate surface area is 114 Å². The molecule has 100 valence electrons. The summed E-state index contributed by atoms with van der Waals surface area (Å²) in [6, 6.07) is 5.51. The van der Waals surface area contributed by atoms with Gasteiger partial charge in [0.15, 0.2) is 0 Å². The maximum Gasteiger partial charge on any atom is 0.236 e. The van der Waals surface area contributed by atoms with Crippen molar-refractivity contribution >= 4 is 17.5 Å². The molecule has 18 heavy (non-hydrogen) atoms. The number of carbonyl (C=O) groups excluding carboxylic acids is 1. The number of aromatic nitrogens is 1. The van der Waals surface area contributed by atoms with E-state index in [1.165, 1.54) is 0 Å². The summed E-state index contributed by atoms with van der Waals surface area (Å²) in [4.78, 5) is 19.9. The lowest BCUT2D eigenvalue weighted by Gasteiger charge is -2.22. The number of hydrogen-bond acceptors (Lipinski definition) is 3. The van der Waals surface area contributed by atoms with Crippen molar-refractivity contribution in [3.05, 3.63) is 29.0 Å². The Balaban J connectivity index is 2.51. The molecule has 1 aromatic rings. The lowest BCUT2D eigenvalue weighted by molar-refractivity contribution is -0.131. The molecule has 0 aliphatic heterocycles. The molecule has 1 amide bonds. The molecule has 0 spiro atoms. The zero-order valence-electron chi connectivity index (χ0n) is 11.2. The quantitative estimate of drug-likeness (QED) is 0.742. The number of rotatable bonds is 6. The third kappa shape index (κ3) is 4.63. The van der Waals surface area contributed by atoms with Crippen molar-refractivity contribution < 1.29 is 4.79 Å². The average molecular weight is 270 g/mol. The summed E-state index contributed by atoms with van der Waals surface area (Å²) in [5.74, 6) is 0.143. The molecule has 0 bridgehead atoms. The molecule has 0 unspecified atom stereocenters. The molecular weight excluding hydrogens is 250 g/mol. The number of likely N-dealkylation sites (N-methyl/N-ethyl adjacent to an activating group) is 2. The van der Waals surface area contributed by atoms with Crippen LogP contribution in [-0.2, 0) is 11.3 Å². The largest absolute Gasteiger partial charge is 0.342 e. The van der Waals surface area contributed by atoms with Gasteiger partial charge in [-0.3, -0.25) is 9.69 Å². The molecule has 1 heterocycles. The second kappa shape index (κ2) is 7.34. The molecule has 0 aliphatic carbocycles. The fourth-order valence-electron chi connectivity index (χ4n) is 1.78. The van der Waals surface area contributed by atoms with E-state index in [-0.39, 0.29) is 5.91 Å². The summed E-state index contributed by atoms with van der Waals surface area (Å²) in [7, 11) is 1.91. The van der Waals surface area contributed by atoms with Crippen LogP contribution in [0.15, 0.2) is 18.2 Å². The van der Waals surface area contributed by atoms with Gasteiger partial charge in [-0.2, -0.15) is 0 Å². The Morgan fingerprint density at radius 3 is 2.56 bits per heavy atom. The average Bonchev–Trinajstić information content (AvgIpc) is 2.30. The minimum atomic E-state index is 0.143. The minimum absolute atomic E-state index is 0.143. The molecule has 0 radical (unpaired) electrons. The minimum Gasteiger partial charge on any atom is -0.342 e. The van der Waals surface area contributed by atoms with E-state index in [1.54, 1.807) is 6.07 Å². The first-order valence-corrected chi connectivity index (χ1v) is 6.52. The van der Waals surface area contributed by atoms with Crippen LogP contribution in [0.25, 0.3) is 0 Å². The van der Waals surface area contributed by atoms with Gasteiger partial charge >= 0.3 is 0 Å². The lowest BCUT2D eigenvalue weighted by Crippen LogP contribution is -2.38. The predicted octanol–water partition coefficient (Wildman–Crippen LogP) is 2.04. The first-order valence-electron chi connectivity index (χ1n) is 6.14.